The maximum atomic E-state index is 12.1. The maximum absolute atomic E-state index is 12.1. The van der Waals surface area contributed by atoms with Gasteiger partial charge in [0.1, 0.15) is 0 Å². The van der Waals surface area contributed by atoms with Crippen molar-refractivity contribution in [2.24, 2.45) is 0 Å². The number of carbonyl (C=O) groups excluding carboxylic acids is 2. The molecule has 2 rings (SSSR count). The molecule has 2 fully saturated rings. The predicted octanol–water partition coefficient (Wildman–Crippen LogP) is 1.65. The molecule has 0 aromatic carbocycles. The fourth-order valence-corrected chi connectivity index (χ4v) is 3.11. The summed E-state index contributed by atoms with van der Waals surface area (Å²) in [6, 6.07) is -0.213. The predicted molar refractivity (Wildman–Crippen MR) is 84.6 cm³/mol. The summed E-state index contributed by atoms with van der Waals surface area (Å²) in [5.41, 5.74) is 0. The molecule has 22 heavy (non-hydrogen) atoms. The number of rotatable bonds is 5. The molecule has 2 N–H and O–H groups in total. The highest BCUT2D eigenvalue weighted by Gasteiger charge is 2.23. The second-order valence-corrected chi connectivity index (χ2v) is 6.29. The number of likely N-dealkylation sites (tertiary alicyclic amines) is 1. The van der Waals surface area contributed by atoms with E-state index in [0.717, 1.165) is 45.4 Å². The Morgan fingerprint density at radius 1 is 1.18 bits per heavy atom. The van der Waals surface area contributed by atoms with Gasteiger partial charge in [0.25, 0.3) is 0 Å². The Balaban J connectivity index is 1.60. The van der Waals surface area contributed by atoms with E-state index in [4.69, 9.17) is 4.74 Å². The Hall–Kier alpha value is -1.30. The van der Waals surface area contributed by atoms with Crippen LogP contribution in [0.2, 0.25) is 0 Å². The molecule has 2 atom stereocenters. The van der Waals surface area contributed by atoms with Gasteiger partial charge in [0, 0.05) is 32.7 Å². The van der Waals surface area contributed by atoms with Crippen LogP contribution < -0.4 is 10.6 Å². The first-order valence-electron chi connectivity index (χ1n) is 8.60. The van der Waals surface area contributed by atoms with Gasteiger partial charge in [0.05, 0.1) is 12.1 Å². The molecule has 6 nitrogen and oxygen atoms in total. The first-order chi connectivity index (χ1) is 10.7. The second-order valence-electron chi connectivity index (χ2n) is 6.29. The third kappa shape index (κ3) is 5.48. The van der Waals surface area contributed by atoms with E-state index in [2.05, 4.69) is 10.6 Å². The van der Waals surface area contributed by atoms with E-state index in [9.17, 15) is 9.59 Å². The molecule has 0 unspecified atom stereocenters. The van der Waals surface area contributed by atoms with Crippen molar-refractivity contribution in [2.75, 3.05) is 26.2 Å². The Morgan fingerprint density at radius 3 is 2.55 bits per heavy atom. The van der Waals surface area contributed by atoms with E-state index in [1.54, 1.807) is 0 Å². The summed E-state index contributed by atoms with van der Waals surface area (Å²) in [5, 5.41) is 5.65. The third-order valence-electron chi connectivity index (χ3n) is 4.46. The van der Waals surface area contributed by atoms with Crippen LogP contribution in [0.5, 0.6) is 0 Å². The fourth-order valence-electron chi connectivity index (χ4n) is 3.11. The minimum atomic E-state index is -0.216. The van der Waals surface area contributed by atoms with Crippen LogP contribution in [0.25, 0.3) is 0 Å². The van der Waals surface area contributed by atoms with E-state index >= 15 is 0 Å². The smallest absolute Gasteiger partial charge is 0.315 e. The van der Waals surface area contributed by atoms with Gasteiger partial charge in [-0.2, -0.15) is 0 Å². The van der Waals surface area contributed by atoms with Gasteiger partial charge in [-0.1, -0.05) is 12.8 Å². The zero-order valence-corrected chi connectivity index (χ0v) is 13.6. The highest BCUT2D eigenvalue weighted by Crippen LogP contribution is 2.15. The molecule has 0 aliphatic carbocycles. The highest BCUT2D eigenvalue weighted by atomic mass is 16.5. The van der Waals surface area contributed by atoms with Gasteiger partial charge in [-0.25, -0.2) is 4.79 Å². The molecule has 0 bridgehead atoms. The molecular weight excluding hydrogens is 282 g/mol. The number of hydrogen-bond acceptors (Lipinski definition) is 3. The van der Waals surface area contributed by atoms with E-state index < -0.39 is 0 Å². The minimum Gasteiger partial charge on any atom is -0.376 e. The molecule has 0 saturated carbocycles. The summed E-state index contributed by atoms with van der Waals surface area (Å²) in [6.45, 7) is 4.85. The summed E-state index contributed by atoms with van der Waals surface area (Å²) in [7, 11) is 0. The van der Waals surface area contributed by atoms with Gasteiger partial charge in [0.15, 0.2) is 0 Å². The fraction of sp³-hybridized carbons (Fsp3) is 0.875. The van der Waals surface area contributed by atoms with Crippen molar-refractivity contribution in [1.29, 1.82) is 0 Å². The molecule has 0 spiro atoms. The van der Waals surface area contributed by atoms with Crippen molar-refractivity contribution < 1.29 is 14.3 Å². The third-order valence-corrected chi connectivity index (χ3v) is 4.46. The number of urea groups is 1. The topological polar surface area (TPSA) is 70.7 Å². The van der Waals surface area contributed by atoms with E-state index in [-0.39, 0.29) is 24.1 Å². The Labute approximate surface area is 132 Å². The molecule has 126 valence electrons. The summed E-state index contributed by atoms with van der Waals surface area (Å²) < 4.78 is 5.55. The SMILES string of the molecule is C[C@@H](NC(=O)NCCC(=O)N1CCCCCC1)[C@@H]1CCCO1. The van der Waals surface area contributed by atoms with Crippen LogP contribution >= 0.6 is 0 Å². The number of amides is 3. The molecule has 0 aromatic heterocycles. The number of nitrogens with one attached hydrogen (secondary N) is 2. The first-order valence-corrected chi connectivity index (χ1v) is 8.60. The lowest BCUT2D eigenvalue weighted by molar-refractivity contribution is -0.131. The lowest BCUT2D eigenvalue weighted by Crippen LogP contribution is -2.46. The van der Waals surface area contributed by atoms with Crippen molar-refractivity contribution in [3.63, 3.8) is 0 Å². The Bertz CT molecular complexity index is 362. The largest absolute Gasteiger partial charge is 0.376 e. The number of nitrogens with zero attached hydrogens (tertiary/aromatic N) is 1. The van der Waals surface area contributed by atoms with Crippen molar-refractivity contribution in [3.05, 3.63) is 0 Å². The van der Waals surface area contributed by atoms with E-state index in [0.29, 0.717) is 13.0 Å². The zero-order valence-electron chi connectivity index (χ0n) is 13.6. The van der Waals surface area contributed by atoms with Crippen LogP contribution in [0.1, 0.15) is 51.9 Å². The molecule has 2 aliphatic heterocycles. The van der Waals surface area contributed by atoms with Gasteiger partial charge in [-0.3, -0.25) is 4.79 Å². The van der Waals surface area contributed by atoms with Crippen LogP contribution in [0.3, 0.4) is 0 Å². The highest BCUT2D eigenvalue weighted by molar-refractivity contribution is 5.78. The van der Waals surface area contributed by atoms with Gasteiger partial charge < -0.3 is 20.3 Å². The normalized spacial score (nSPS) is 23.7. The minimum absolute atomic E-state index is 0.00353. The molecular formula is C16H29N3O3. The lowest BCUT2D eigenvalue weighted by atomic mass is 10.1. The second kappa shape index (κ2) is 8.98. The zero-order chi connectivity index (χ0) is 15.8. The molecule has 2 aliphatic rings. The molecule has 3 amide bonds. The number of hydrogen-bond donors (Lipinski definition) is 2. The van der Waals surface area contributed by atoms with Gasteiger partial charge in [-0.05, 0) is 32.6 Å². The van der Waals surface area contributed by atoms with Crippen molar-refractivity contribution in [1.82, 2.24) is 15.5 Å². The summed E-state index contributed by atoms with van der Waals surface area (Å²) in [4.78, 5) is 25.9. The summed E-state index contributed by atoms with van der Waals surface area (Å²) in [6.07, 6.45) is 7.16. The van der Waals surface area contributed by atoms with Crippen molar-refractivity contribution in [3.8, 4) is 0 Å². The maximum Gasteiger partial charge on any atom is 0.315 e. The molecule has 0 radical (unpaired) electrons. The van der Waals surface area contributed by atoms with Crippen LogP contribution in [0.15, 0.2) is 0 Å². The van der Waals surface area contributed by atoms with Crippen LogP contribution in [-0.2, 0) is 9.53 Å². The van der Waals surface area contributed by atoms with Crippen molar-refractivity contribution >= 4 is 11.9 Å². The van der Waals surface area contributed by atoms with Gasteiger partial charge >= 0.3 is 6.03 Å². The number of ether oxygens (including phenoxy) is 1. The average Bonchev–Trinajstić information content (AvgIpc) is 2.90. The average molecular weight is 311 g/mol. The van der Waals surface area contributed by atoms with Gasteiger partial charge in [0.2, 0.25) is 5.91 Å². The lowest BCUT2D eigenvalue weighted by Gasteiger charge is -2.21. The molecule has 2 heterocycles. The van der Waals surface area contributed by atoms with Crippen LogP contribution in [-0.4, -0.2) is 55.2 Å². The Morgan fingerprint density at radius 2 is 1.91 bits per heavy atom. The Kier molecular flexibility index (Phi) is 6.96. The monoisotopic (exact) mass is 311 g/mol. The summed E-state index contributed by atoms with van der Waals surface area (Å²) in [5.74, 6) is 0.148. The standard InChI is InChI=1S/C16H29N3O3/c1-13(14-7-6-12-22-14)18-16(21)17-9-8-15(20)19-10-4-2-3-5-11-19/h13-14H,2-12H2,1H3,(H2,17,18,21)/t13-,14+/m1/s1. The molecule has 6 heteroatoms. The quantitative estimate of drug-likeness (QED) is 0.811. The number of carbonyl (C=O) groups is 2. The van der Waals surface area contributed by atoms with Crippen LogP contribution in [0.4, 0.5) is 4.79 Å². The van der Waals surface area contributed by atoms with Gasteiger partial charge in [-0.15, -0.1) is 0 Å². The van der Waals surface area contributed by atoms with Crippen LogP contribution in [0, 0.1) is 0 Å². The van der Waals surface area contributed by atoms with E-state index in [1.165, 1.54) is 12.8 Å². The first kappa shape index (κ1) is 17.1. The van der Waals surface area contributed by atoms with Crippen molar-refractivity contribution in [2.45, 2.75) is 64.0 Å². The summed E-state index contributed by atoms with van der Waals surface area (Å²) >= 11 is 0. The molecule has 2 saturated heterocycles. The van der Waals surface area contributed by atoms with E-state index in [1.807, 2.05) is 11.8 Å². The molecule has 0 aromatic rings.